The van der Waals surface area contributed by atoms with Crippen molar-refractivity contribution in [3.8, 4) is 17.2 Å². The number of methoxy groups -OCH3 is 1. The number of hydrogen-bond acceptors (Lipinski definition) is 10. The predicted molar refractivity (Wildman–Crippen MR) is 168 cm³/mol. The van der Waals surface area contributed by atoms with Gasteiger partial charge in [-0.3, -0.25) is 9.88 Å². The van der Waals surface area contributed by atoms with Crippen LogP contribution >= 0.6 is 11.6 Å². The number of nitrogens with zero attached hydrogens (tertiary/aromatic N) is 5. The number of aromatic carboxylic acids is 1. The molecule has 1 N–H and O–H groups in total. The van der Waals surface area contributed by atoms with Gasteiger partial charge in [0.25, 0.3) is 5.79 Å². The first kappa shape index (κ1) is 30.7. The van der Waals surface area contributed by atoms with Crippen LogP contribution in [0.5, 0.6) is 17.2 Å². The van der Waals surface area contributed by atoms with Crippen LogP contribution in [-0.2, 0) is 28.4 Å². The first-order valence-corrected chi connectivity index (χ1v) is 15.9. The van der Waals surface area contributed by atoms with Crippen molar-refractivity contribution in [3.63, 3.8) is 0 Å². The molecular formula is C33H36ClN5O7. The first-order valence-electron chi connectivity index (χ1n) is 15.5. The molecule has 2 saturated heterocycles. The summed E-state index contributed by atoms with van der Waals surface area (Å²) in [6.07, 6.45) is 4.41. The smallest absolute Gasteiger partial charge is 0.354 e. The fourth-order valence-corrected chi connectivity index (χ4v) is 6.44. The summed E-state index contributed by atoms with van der Waals surface area (Å²) in [4.78, 5) is 28.2. The number of ether oxygens (including phenoxy) is 5. The summed E-state index contributed by atoms with van der Waals surface area (Å²) in [6, 6.07) is 11.1. The summed E-state index contributed by atoms with van der Waals surface area (Å²) in [5.74, 6) is 0.798. The zero-order valence-corrected chi connectivity index (χ0v) is 26.5. The van der Waals surface area contributed by atoms with Gasteiger partial charge in [0.05, 0.1) is 30.8 Å². The van der Waals surface area contributed by atoms with E-state index in [0.717, 1.165) is 49.5 Å². The minimum atomic E-state index is -1.12. The molecule has 0 amide bonds. The highest BCUT2D eigenvalue weighted by Gasteiger charge is 2.42. The average molecular weight is 650 g/mol. The maximum Gasteiger partial charge on any atom is 0.354 e. The van der Waals surface area contributed by atoms with Gasteiger partial charge in [0.1, 0.15) is 23.6 Å². The number of pyridine rings is 2. The first-order chi connectivity index (χ1) is 22.3. The molecule has 0 spiro atoms. The number of imidazole rings is 1. The Bertz CT molecular complexity index is 1740. The molecule has 0 saturated carbocycles. The number of halogens is 1. The minimum Gasteiger partial charge on any atom is -0.489 e. The zero-order valence-electron chi connectivity index (χ0n) is 25.8. The van der Waals surface area contributed by atoms with Crippen LogP contribution in [0.4, 0.5) is 0 Å². The molecular weight excluding hydrogens is 614 g/mol. The quantitative estimate of drug-likeness (QED) is 0.220. The Hall–Kier alpha value is -3.97. The Morgan fingerprint density at radius 1 is 1.13 bits per heavy atom. The summed E-state index contributed by atoms with van der Waals surface area (Å²) < 4.78 is 31.6. The van der Waals surface area contributed by atoms with E-state index in [-0.39, 0.29) is 24.3 Å². The van der Waals surface area contributed by atoms with Crippen LogP contribution in [0.1, 0.15) is 59.7 Å². The van der Waals surface area contributed by atoms with Crippen LogP contribution in [0.15, 0.2) is 42.6 Å². The van der Waals surface area contributed by atoms with Crippen molar-refractivity contribution in [2.24, 2.45) is 0 Å². The highest BCUT2D eigenvalue weighted by Crippen LogP contribution is 2.49. The molecule has 0 bridgehead atoms. The SMILES string of the molecule is COCCOc1cc(C(=O)O)nc2c1nc(CN1CCC(c3cccc4c3O[C@@](C)(c3ccc(Cl)cn3)O4)CC1)n2C[C@@H]1CCO1. The van der Waals surface area contributed by atoms with E-state index in [1.807, 2.05) is 29.7 Å². The van der Waals surface area contributed by atoms with Crippen LogP contribution in [-0.4, -0.2) is 81.6 Å². The van der Waals surface area contributed by atoms with Crippen molar-refractivity contribution < 1.29 is 33.6 Å². The number of rotatable bonds is 11. The van der Waals surface area contributed by atoms with E-state index in [1.54, 1.807) is 19.4 Å². The molecule has 2 atom stereocenters. The Morgan fingerprint density at radius 2 is 1.96 bits per heavy atom. The van der Waals surface area contributed by atoms with Gasteiger partial charge in [-0.2, -0.15) is 0 Å². The number of para-hydroxylation sites is 1. The lowest BCUT2D eigenvalue weighted by Gasteiger charge is -2.33. The van der Waals surface area contributed by atoms with Gasteiger partial charge in [0, 0.05) is 38.5 Å². The second kappa shape index (κ2) is 12.7. The van der Waals surface area contributed by atoms with Crippen molar-refractivity contribution >= 4 is 28.7 Å². The molecule has 7 rings (SSSR count). The normalized spacial score (nSPS) is 21.4. The lowest BCUT2D eigenvalue weighted by molar-refractivity contribution is -0.0722. The average Bonchev–Trinajstić information content (AvgIpc) is 3.56. The second-order valence-electron chi connectivity index (χ2n) is 12.0. The van der Waals surface area contributed by atoms with E-state index in [4.69, 9.17) is 40.3 Å². The molecule has 6 heterocycles. The molecule has 1 aromatic carbocycles. The molecule has 0 unspecified atom stereocenters. The number of piperidine rings is 1. The van der Waals surface area contributed by atoms with Crippen molar-refractivity contribution in [3.05, 3.63) is 70.4 Å². The second-order valence-corrected chi connectivity index (χ2v) is 12.4. The van der Waals surface area contributed by atoms with Crippen LogP contribution in [0.25, 0.3) is 11.2 Å². The topological polar surface area (TPSA) is 130 Å². The third kappa shape index (κ3) is 5.97. The lowest BCUT2D eigenvalue weighted by Crippen LogP contribution is -2.35. The number of likely N-dealkylation sites (tertiary alicyclic amines) is 1. The van der Waals surface area contributed by atoms with Crippen molar-refractivity contribution in [2.45, 2.75) is 57.1 Å². The fourth-order valence-electron chi connectivity index (χ4n) is 6.33. The molecule has 0 aliphatic carbocycles. The number of carboxylic acids is 1. The molecule has 3 aliphatic heterocycles. The summed E-state index contributed by atoms with van der Waals surface area (Å²) in [5, 5.41) is 10.3. The van der Waals surface area contributed by atoms with Crippen LogP contribution in [0, 0.1) is 0 Å². The number of carbonyl (C=O) groups is 1. The molecule has 242 valence electrons. The molecule has 3 aliphatic rings. The van der Waals surface area contributed by atoms with E-state index < -0.39 is 11.8 Å². The highest BCUT2D eigenvalue weighted by atomic mass is 35.5. The Balaban J connectivity index is 1.10. The summed E-state index contributed by atoms with van der Waals surface area (Å²) in [6.45, 7) is 6.05. The number of fused-ring (bicyclic) bond motifs is 2. The van der Waals surface area contributed by atoms with Gasteiger partial charge in [-0.15, -0.1) is 0 Å². The maximum atomic E-state index is 12.0. The van der Waals surface area contributed by atoms with Gasteiger partial charge in [-0.25, -0.2) is 14.8 Å². The molecule has 0 radical (unpaired) electrons. The van der Waals surface area contributed by atoms with Gasteiger partial charge in [-0.05, 0) is 56.5 Å². The highest BCUT2D eigenvalue weighted by molar-refractivity contribution is 6.30. The van der Waals surface area contributed by atoms with Gasteiger partial charge in [-0.1, -0.05) is 23.7 Å². The number of aromatic nitrogens is 4. The van der Waals surface area contributed by atoms with Crippen molar-refractivity contribution in [1.82, 2.24) is 24.4 Å². The standard InChI is InChI=1S/C33H36ClN5O7/c1-33(27-7-6-21(34)17-35-27)45-25-5-3-4-23(30(25)46-33)20-8-11-38(12-9-20)19-28-37-29-26(44-15-14-42-2)16-24(32(40)41)36-31(29)39(28)18-22-10-13-43-22/h3-7,16-17,20,22H,8-15,18-19H2,1-2H3,(H,40,41)/t22-,33-/m0/s1. The summed E-state index contributed by atoms with van der Waals surface area (Å²) in [5.41, 5.74) is 2.73. The molecule has 3 aromatic heterocycles. The van der Waals surface area contributed by atoms with Crippen molar-refractivity contribution in [1.29, 1.82) is 0 Å². The minimum absolute atomic E-state index is 0.0335. The van der Waals surface area contributed by atoms with Crippen LogP contribution < -0.4 is 14.2 Å². The monoisotopic (exact) mass is 649 g/mol. The van der Waals surface area contributed by atoms with E-state index in [9.17, 15) is 9.90 Å². The Labute approximate surface area is 271 Å². The number of benzene rings is 1. The third-order valence-corrected chi connectivity index (χ3v) is 9.11. The largest absolute Gasteiger partial charge is 0.489 e. The summed E-state index contributed by atoms with van der Waals surface area (Å²) >= 11 is 6.06. The molecule has 4 aromatic rings. The van der Waals surface area contributed by atoms with E-state index in [1.165, 1.54) is 6.07 Å². The fraction of sp³-hybridized carbons (Fsp3) is 0.455. The lowest BCUT2D eigenvalue weighted by atomic mass is 9.88. The van der Waals surface area contributed by atoms with Crippen molar-refractivity contribution in [2.75, 3.05) is 40.0 Å². The van der Waals surface area contributed by atoms with Gasteiger partial charge in [0.2, 0.25) is 0 Å². The Kier molecular flexibility index (Phi) is 8.45. The molecule has 12 nitrogen and oxygen atoms in total. The van der Waals surface area contributed by atoms with Gasteiger partial charge >= 0.3 is 5.97 Å². The predicted octanol–water partition coefficient (Wildman–Crippen LogP) is 5.02. The summed E-state index contributed by atoms with van der Waals surface area (Å²) in [7, 11) is 1.59. The molecule has 2 fully saturated rings. The Morgan fingerprint density at radius 3 is 2.65 bits per heavy atom. The number of carboxylic acid groups (broad SMARTS) is 1. The zero-order chi connectivity index (χ0) is 31.8. The van der Waals surface area contributed by atoms with Crippen LogP contribution in [0.2, 0.25) is 5.02 Å². The van der Waals surface area contributed by atoms with Crippen LogP contribution in [0.3, 0.4) is 0 Å². The number of hydrogen-bond donors (Lipinski definition) is 1. The van der Waals surface area contributed by atoms with Gasteiger partial charge < -0.3 is 33.4 Å². The van der Waals surface area contributed by atoms with E-state index in [0.29, 0.717) is 59.7 Å². The maximum absolute atomic E-state index is 12.0. The van der Waals surface area contributed by atoms with E-state index >= 15 is 0 Å². The van der Waals surface area contributed by atoms with Gasteiger partial charge in [0.15, 0.2) is 28.6 Å². The third-order valence-electron chi connectivity index (χ3n) is 8.89. The van der Waals surface area contributed by atoms with E-state index in [2.05, 4.69) is 20.9 Å². The molecule has 13 heteroatoms. The molecule has 46 heavy (non-hydrogen) atoms.